The van der Waals surface area contributed by atoms with Gasteiger partial charge in [0.25, 0.3) is 0 Å². The zero-order valence-corrected chi connectivity index (χ0v) is 9.48. The number of hydrogen-bond acceptors (Lipinski definition) is 1. The first kappa shape index (κ1) is 10.5. The third kappa shape index (κ3) is 3.42. The largest absolute Gasteiger partial charge is 0.375 e. The second kappa shape index (κ2) is 5.20. The van der Waals surface area contributed by atoms with Crippen LogP contribution in [0.4, 0.5) is 0 Å². The molecule has 0 atom stereocenters. The predicted octanol–water partition coefficient (Wildman–Crippen LogP) is 1.64. The quantitative estimate of drug-likeness (QED) is 0.401. The number of likely N-dealkylation sites (tertiary alicyclic amines) is 1. The van der Waals surface area contributed by atoms with E-state index in [1.54, 1.807) is 0 Å². The molecule has 0 saturated carbocycles. The number of likely N-dealkylation sites (N-methyl/N-ethyl adjacent to an activating group) is 1. The standard InChI is InChI=1S/C9H19BrNO/c1-11(5-2-3-6-11)7-9-12-8-4-10/h2-9H2,1H3/q+1. The molecule has 1 fully saturated rings. The maximum absolute atomic E-state index is 5.45. The molecule has 1 saturated heterocycles. The highest BCUT2D eigenvalue weighted by molar-refractivity contribution is 9.09. The summed E-state index contributed by atoms with van der Waals surface area (Å²) >= 11 is 3.35. The summed E-state index contributed by atoms with van der Waals surface area (Å²) in [4.78, 5) is 0. The molecule has 1 rings (SSSR count). The van der Waals surface area contributed by atoms with Crippen LogP contribution in [0.25, 0.3) is 0 Å². The zero-order valence-electron chi connectivity index (χ0n) is 7.89. The lowest BCUT2D eigenvalue weighted by atomic mass is 10.4. The maximum atomic E-state index is 5.45. The fourth-order valence-electron chi connectivity index (χ4n) is 1.76. The van der Waals surface area contributed by atoms with Gasteiger partial charge in [0.1, 0.15) is 6.54 Å². The minimum atomic E-state index is 0.847. The van der Waals surface area contributed by atoms with Crippen LogP contribution >= 0.6 is 15.9 Å². The molecule has 0 amide bonds. The van der Waals surface area contributed by atoms with Gasteiger partial charge in [0.2, 0.25) is 0 Å². The van der Waals surface area contributed by atoms with Gasteiger partial charge in [-0.25, -0.2) is 0 Å². The molecule has 0 aromatic heterocycles. The fourth-order valence-corrected chi connectivity index (χ4v) is 1.99. The SMILES string of the molecule is C[N+]1(CCOCCBr)CCCC1. The predicted molar refractivity (Wildman–Crippen MR) is 54.6 cm³/mol. The van der Waals surface area contributed by atoms with Gasteiger partial charge in [0.15, 0.2) is 0 Å². The third-order valence-corrected chi connectivity index (χ3v) is 2.97. The molecular formula is C9H19BrNO+. The Morgan fingerprint density at radius 1 is 1.25 bits per heavy atom. The first-order valence-electron chi connectivity index (χ1n) is 4.74. The van der Waals surface area contributed by atoms with Crippen LogP contribution in [0.1, 0.15) is 12.8 Å². The van der Waals surface area contributed by atoms with E-state index < -0.39 is 0 Å². The van der Waals surface area contributed by atoms with Crippen LogP contribution in [0.2, 0.25) is 0 Å². The summed E-state index contributed by atoms with van der Waals surface area (Å²) in [6.07, 6.45) is 2.80. The summed E-state index contributed by atoms with van der Waals surface area (Å²) in [5.41, 5.74) is 0. The van der Waals surface area contributed by atoms with E-state index in [-0.39, 0.29) is 0 Å². The molecule has 2 nitrogen and oxygen atoms in total. The second-order valence-corrected chi connectivity index (χ2v) is 4.59. The van der Waals surface area contributed by atoms with E-state index in [0.29, 0.717) is 0 Å². The fraction of sp³-hybridized carbons (Fsp3) is 1.00. The van der Waals surface area contributed by atoms with Gasteiger partial charge in [-0.2, -0.15) is 0 Å². The van der Waals surface area contributed by atoms with Gasteiger partial charge < -0.3 is 9.22 Å². The number of hydrogen-bond donors (Lipinski definition) is 0. The summed E-state index contributed by atoms with van der Waals surface area (Å²) in [5.74, 6) is 0. The summed E-state index contributed by atoms with van der Waals surface area (Å²) in [6.45, 7) is 5.64. The van der Waals surface area contributed by atoms with Crippen molar-refractivity contribution in [2.24, 2.45) is 0 Å². The van der Waals surface area contributed by atoms with Crippen molar-refractivity contribution in [2.45, 2.75) is 12.8 Å². The van der Waals surface area contributed by atoms with Crippen molar-refractivity contribution in [3.63, 3.8) is 0 Å². The molecule has 0 spiro atoms. The lowest BCUT2D eigenvalue weighted by Gasteiger charge is -2.28. The topological polar surface area (TPSA) is 9.23 Å². The molecule has 1 aliphatic rings. The van der Waals surface area contributed by atoms with Crippen LogP contribution in [0.3, 0.4) is 0 Å². The van der Waals surface area contributed by atoms with E-state index in [2.05, 4.69) is 23.0 Å². The van der Waals surface area contributed by atoms with E-state index in [4.69, 9.17) is 4.74 Å². The average Bonchev–Trinajstić information content (AvgIpc) is 2.47. The monoisotopic (exact) mass is 236 g/mol. The molecular weight excluding hydrogens is 218 g/mol. The molecule has 0 radical (unpaired) electrons. The van der Waals surface area contributed by atoms with Gasteiger partial charge in [0.05, 0.1) is 33.4 Å². The van der Waals surface area contributed by atoms with E-state index >= 15 is 0 Å². The number of alkyl halides is 1. The van der Waals surface area contributed by atoms with Gasteiger partial charge in [-0.3, -0.25) is 0 Å². The van der Waals surface area contributed by atoms with Crippen LogP contribution in [0.5, 0.6) is 0 Å². The lowest BCUT2D eigenvalue weighted by molar-refractivity contribution is -0.898. The van der Waals surface area contributed by atoms with Crippen LogP contribution in [-0.2, 0) is 4.74 Å². The molecule has 72 valence electrons. The van der Waals surface area contributed by atoms with Gasteiger partial charge in [-0.15, -0.1) is 0 Å². The molecule has 0 bridgehead atoms. The number of ether oxygens (including phenoxy) is 1. The summed E-state index contributed by atoms with van der Waals surface area (Å²) < 4.78 is 6.67. The molecule has 0 aromatic rings. The molecule has 1 heterocycles. The minimum absolute atomic E-state index is 0.847. The molecule has 0 aliphatic carbocycles. The third-order valence-electron chi connectivity index (χ3n) is 2.64. The number of halogens is 1. The van der Waals surface area contributed by atoms with Crippen molar-refractivity contribution in [2.75, 3.05) is 45.2 Å². The van der Waals surface area contributed by atoms with Crippen molar-refractivity contribution in [1.29, 1.82) is 0 Å². The number of quaternary nitrogens is 1. The molecule has 3 heteroatoms. The Morgan fingerprint density at radius 2 is 1.92 bits per heavy atom. The van der Waals surface area contributed by atoms with E-state index in [9.17, 15) is 0 Å². The zero-order chi connectivity index (χ0) is 8.86. The molecule has 0 aromatic carbocycles. The highest BCUT2D eigenvalue weighted by Gasteiger charge is 2.25. The highest BCUT2D eigenvalue weighted by atomic mass is 79.9. The van der Waals surface area contributed by atoms with Gasteiger partial charge >= 0.3 is 0 Å². The highest BCUT2D eigenvalue weighted by Crippen LogP contribution is 2.15. The van der Waals surface area contributed by atoms with Gasteiger partial charge in [-0.1, -0.05) is 15.9 Å². The Hall–Kier alpha value is 0.400. The maximum Gasteiger partial charge on any atom is 0.102 e. The second-order valence-electron chi connectivity index (χ2n) is 3.80. The van der Waals surface area contributed by atoms with Crippen molar-refractivity contribution >= 4 is 15.9 Å². The van der Waals surface area contributed by atoms with Crippen molar-refractivity contribution in [3.05, 3.63) is 0 Å². The Bertz CT molecular complexity index is 124. The minimum Gasteiger partial charge on any atom is -0.375 e. The van der Waals surface area contributed by atoms with Crippen LogP contribution in [0.15, 0.2) is 0 Å². The van der Waals surface area contributed by atoms with Gasteiger partial charge in [-0.05, 0) is 0 Å². The van der Waals surface area contributed by atoms with Crippen molar-refractivity contribution < 1.29 is 9.22 Å². The lowest BCUT2D eigenvalue weighted by Crippen LogP contribution is -2.43. The Balaban J connectivity index is 2.05. The van der Waals surface area contributed by atoms with Crippen LogP contribution < -0.4 is 0 Å². The number of nitrogens with zero attached hydrogens (tertiary/aromatic N) is 1. The summed E-state index contributed by atoms with van der Waals surface area (Å²) in [6, 6.07) is 0. The Morgan fingerprint density at radius 3 is 2.50 bits per heavy atom. The Kier molecular flexibility index (Phi) is 4.54. The normalized spacial score (nSPS) is 21.5. The van der Waals surface area contributed by atoms with E-state index in [1.807, 2.05) is 0 Å². The summed E-state index contributed by atoms with van der Waals surface area (Å²) in [7, 11) is 2.34. The first-order chi connectivity index (χ1) is 5.77. The Labute approximate surface area is 83.6 Å². The smallest absolute Gasteiger partial charge is 0.102 e. The number of rotatable bonds is 5. The molecule has 0 N–H and O–H groups in total. The first-order valence-corrected chi connectivity index (χ1v) is 5.86. The molecule has 1 aliphatic heterocycles. The van der Waals surface area contributed by atoms with Crippen LogP contribution in [0, 0.1) is 0 Å². The summed E-state index contributed by atoms with van der Waals surface area (Å²) in [5, 5.41) is 0.955. The van der Waals surface area contributed by atoms with Crippen molar-refractivity contribution in [1.82, 2.24) is 0 Å². The van der Waals surface area contributed by atoms with Crippen molar-refractivity contribution in [3.8, 4) is 0 Å². The molecule has 0 unspecified atom stereocenters. The van der Waals surface area contributed by atoms with Gasteiger partial charge in [0, 0.05) is 18.2 Å². The molecule has 12 heavy (non-hydrogen) atoms. The van der Waals surface area contributed by atoms with E-state index in [1.165, 1.54) is 37.0 Å². The van der Waals surface area contributed by atoms with Crippen LogP contribution in [-0.4, -0.2) is 49.7 Å². The average molecular weight is 237 g/mol. The van der Waals surface area contributed by atoms with E-state index in [0.717, 1.165) is 18.5 Å².